The normalized spacial score (nSPS) is 10.5. The van der Waals surface area contributed by atoms with Gasteiger partial charge in [-0.05, 0) is 36.7 Å². The fraction of sp³-hybridized carbons (Fsp3) is 0.278. The Morgan fingerprint density at radius 1 is 1.12 bits per heavy atom. The Morgan fingerprint density at radius 2 is 1.92 bits per heavy atom. The van der Waals surface area contributed by atoms with Gasteiger partial charge in [-0.3, -0.25) is 4.79 Å². The van der Waals surface area contributed by atoms with E-state index in [1.807, 2.05) is 36.4 Å². The van der Waals surface area contributed by atoms with Crippen molar-refractivity contribution in [3.05, 3.63) is 63.6 Å². The first kappa shape index (κ1) is 18.6. The zero-order chi connectivity index (χ0) is 17.4. The monoisotopic (exact) mass is 366 g/mol. The number of carbonyl (C=O) groups excluding carboxylic acids is 1. The maximum Gasteiger partial charge on any atom is 0.234 e. The molecule has 2 rings (SSSR count). The van der Waals surface area contributed by atoms with Crippen LogP contribution in [-0.2, 0) is 17.8 Å². The van der Waals surface area contributed by atoms with Crippen LogP contribution in [-0.4, -0.2) is 26.1 Å². The smallest absolute Gasteiger partial charge is 0.234 e. The Bertz CT molecular complexity index is 692. The summed E-state index contributed by atoms with van der Waals surface area (Å²) < 4.78 is 5.26. The lowest BCUT2D eigenvalue weighted by Gasteiger charge is -2.10. The Balaban J connectivity index is 1.70. The SMILES string of the molecule is COc1ccccc1CNC(=O)CNCCc1ccc(Cl)cc1Cl. The highest BCUT2D eigenvalue weighted by molar-refractivity contribution is 6.35. The molecule has 6 heteroatoms. The average molecular weight is 367 g/mol. The van der Waals surface area contributed by atoms with E-state index in [9.17, 15) is 4.79 Å². The van der Waals surface area contributed by atoms with Gasteiger partial charge in [-0.2, -0.15) is 0 Å². The molecule has 0 aliphatic rings. The number of hydrogen-bond donors (Lipinski definition) is 2. The molecule has 0 spiro atoms. The number of hydrogen-bond acceptors (Lipinski definition) is 3. The van der Waals surface area contributed by atoms with Crippen LogP contribution in [0, 0.1) is 0 Å². The van der Waals surface area contributed by atoms with Gasteiger partial charge in [0.15, 0.2) is 0 Å². The number of methoxy groups -OCH3 is 1. The van der Waals surface area contributed by atoms with Crippen molar-refractivity contribution in [2.24, 2.45) is 0 Å². The summed E-state index contributed by atoms with van der Waals surface area (Å²) in [6.45, 7) is 1.34. The van der Waals surface area contributed by atoms with Crippen molar-refractivity contribution in [1.82, 2.24) is 10.6 Å². The third kappa shape index (κ3) is 5.71. The quantitative estimate of drug-likeness (QED) is 0.703. The molecule has 0 aliphatic heterocycles. The summed E-state index contributed by atoms with van der Waals surface area (Å²) >= 11 is 12.0. The highest BCUT2D eigenvalue weighted by Gasteiger charge is 2.05. The van der Waals surface area contributed by atoms with Crippen molar-refractivity contribution in [1.29, 1.82) is 0 Å². The molecule has 0 saturated carbocycles. The number of halogens is 2. The Hall–Kier alpha value is -1.75. The Labute approximate surface area is 152 Å². The largest absolute Gasteiger partial charge is 0.496 e. The van der Waals surface area contributed by atoms with E-state index in [0.29, 0.717) is 23.1 Å². The fourth-order valence-corrected chi connectivity index (χ4v) is 2.76. The molecular weight excluding hydrogens is 347 g/mol. The predicted molar refractivity (Wildman–Crippen MR) is 97.9 cm³/mol. The standard InChI is InChI=1S/C18H20Cl2N2O2/c1-24-17-5-3-2-4-14(17)11-22-18(23)12-21-9-8-13-6-7-15(19)10-16(13)20/h2-7,10,21H,8-9,11-12H2,1H3,(H,22,23). The molecule has 24 heavy (non-hydrogen) atoms. The zero-order valence-corrected chi connectivity index (χ0v) is 15.0. The molecule has 0 atom stereocenters. The molecule has 0 unspecified atom stereocenters. The van der Waals surface area contributed by atoms with E-state index in [0.717, 1.165) is 23.3 Å². The minimum atomic E-state index is -0.0666. The molecule has 0 saturated heterocycles. The lowest BCUT2D eigenvalue weighted by molar-refractivity contribution is -0.120. The molecular formula is C18H20Cl2N2O2. The van der Waals surface area contributed by atoms with Crippen molar-refractivity contribution in [2.45, 2.75) is 13.0 Å². The predicted octanol–water partition coefficient (Wildman–Crippen LogP) is 3.45. The van der Waals surface area contributed by atoms with Crippen LogP contribution in [0.5, 0.6) is 5.75 Å². The molecule has 0 heterocycles. The van der Waals surface area contributed by atoms with Crippen molar-refractivity contribution in [2.75, 3.05) is 20.2 Å². The number of amides is 1. The van der Waals surface area contributed by atoms with Gasteiger partial charge in [0.1, 0.15) is 5.75 Å². The average Bonchev–Trinajstić information content (AvgIpc) is 2.58. The maximum atomic E-state index is 11.9. The molecule has 0 radical (unpaired) electrons. The van der Waals surface area contributed by atoms with E-state index in [2.05, 4.69) is 10.6 Å². The van der Waals surface area contributed by atoms with Gasteiger partial charge < -0.3 is 15.4 Å². The van der Waals surface area contributed by atoms with Crippen molar-refractivity contribution >= 4 is 29.1 Å². The number of para-hydroxylation sites is 1. The molecule has 0 aromatic heterocycles. The molecule has 2 aromatic carbocycles. The van der Waals surface area contributed by atoms with Crippen molar-refractivity contribution in [3.8, 4) is 5.75 Å². The van der Waals surface area contributed by atoms with Crippen molar-refractivity contribution < 1.29 is 9.53 Å². The zero-order valence-electron chi connectivity index (χ0n) is 13.4. The van der Waals surface area contributed by atoms with E-state index in [4.69, 9.17) is 27.9 Å². The second-order valence-electron chi connectivity index (χ2n) is 5.25. The molecule has 128 valence electrons. The van der Waals surface area contributed by atoms with E-state index in [-0.39, 0.29) is 12.5 Å². The highest BCUT2D eigenvalue weighted by atomic mass is 35.5. The highest BCUT2D eigenvalue weighted by Crippen LogP contribution is 2.21. The summed E-state index contributed by atoms with van der Waals surface area (Å²) in [5, 5.41) is 7.23. The molecule has 0 fully saturated rings. The first-order valence-electron chi connectivity index (χ1n) is 7.63. The van der Waals surface area contributed by atoms with Gasteiger partial charge in [-0.25, -0.2) is 0 Å². The lowest BCUT2D eigenvalue weighted by atomic mass is 10.1. The minimum Gasteiger partial charge on any atom is -0.496 e. The first-order chi connectivity index (χ1) is 11.6. The van der Waals surface area contributed by atoms with Crippen LogP contribution in [0.2, 0.25) is 10.0 Å². The number of nitrogens with one attached hydrogen (secondary N) is 2. The summed E-state index contributed by atoms with van der Waals surface area (Å²) in [4.78, 5) is 11.9. The third-order valence-corrected chi connectivity index (χ3v) is 4.13. The molecule has 0 bridgehead atoms. The van der Waals surface area contributed by atoms with Crippen LogP contribution in [0.3, 0.4) is 0 Å². The van der Waals surface area contributed by atoms with Gasteiger partial charge in [0.05, 0.1) is 13.7 Å². The molecule has 1 amide bonds. The van der Waals surface area contributed by atoms with Gasteiger partial charge in [0, 0.05) is 22.2 Å². The minimum absolute atomic E-state index is 0.0666. The Kier molecular flexibility index (Phi) is 7.37. The summed E-state index contributed by atoms with van der Waals surface area (Å²) in [5.41, 5.74) is 1.95. The van der Waals surface area contributed by atoms with Crippen LogP contribution in [0.25, 0.3) is 0 Å². The fourth-order valence-electron chi connectivity index (χ4n) is 2.25. The van der Waals surface area contributed by atoms with Gasteiger partial charge in [0.25, 0.3) is 0 Å². The molecule has 2 N–H and O–H groups in total. The van der Waals surface area contributed by atoms with Crippen LogP contribution < -0.4 is 15.4 Å². The van der Waals surface area contributed by atoms with Gasteiger partial charge in [-0.15, -0.1) is 0 Å². The molecule has 2 aromatic rings. The van der Waals surface area contributed by atoms with Crippen LogP contribution in [0.4, 0.5) is 0 Å². The second-order valence-corrected chi connectivity index (χ2v) is 6.09. The Morgan fingerprint density at radius 3 is 2.67 bits per heavy atom. The lowest BCUT2D eigenvalue weighted by Crippen LogP contribution is -2.34. The maximum absolute atomic E-state index is 11.9. The van der Waals surface area contributed by atoms with Crippen LogP contribution in [0.1, 0.15) is 11.1 Å². The van der Waals surface area contributed by atoms with Gasteiger partial charge in [0.2, 0.25) is 5.91 Å². The van der Waals surface area contributed by atoms with Crippen LogP contribution >= 0.6 is 23.2 Å². The summed E-state index contributed by atoms with van der Waals surface area (Å²) in [5.74, 6) is 0.700. The second kappa shape index (κ2) is 9.52. The number of ether oxygens (including phenoxy) is 1. The van der Waals surface area contributed by atoms with E-state index < -0.39 is 0 Å². The summed E-state index contributed by atoms with van der Waals surface area (Å²) in [6, 6.07) is 13.0. The van der Waals surface area contributed by atoms with E-state index in [1.165, 1.54) is 0 Å². The van der Waals surface area contributed by atoms with Crippen molar-refractivity contribution in [3.63, 3.8) is 0 Å². The molecule has 4 nitrogen and oxygen atoms in total. The topological polar surface area (TPSA) is 50.4 Å². The summed E-state index contributed by atoms with van der Waals surface area (Å²) in [6.07, 6.45) is 0.732. The number of carbonyl (C=O) groups is 1. The van der Waals surface area contributed by atoms with Crippen LogP contribution in [0.15, 0.2) is 42.5 Å². The van der Waals surface area contributed by atoms with E-state index in [1.54, 1.807) is 13.2 Å². The number of benzene rings is 2. The third-order valence-electron chi connectivity index (χ3n) is 3.54. The van der Waals surface area contributed by atoms with Gasteiger partial charge >= 0.3 is 0 Å². The molecule has 0 aliphatic carbocycles. The number of rotatable bonds is 8. The van der Waals surface area contributed by atoms with E-state index >= 15 is 0 Å². The summed E-state index contributed by atoms with van der Waals surface area (Å²) in [7, 11) is 1.62. The first-order valence-corrected chi connectivity index (χ1v) is 8.39. The van der Waals surface area contributed by atoms with Gasteiger partial charge in [-0.1, -0.05) is 47.5 Å².